The monoisotopic (exact) mass is 387 g/mol. The van der Waals surface area contributed by atoms with E-state index in [4.69, 9.17) is 9.47 Å². The molecule has 0 radical (unpaired) electrons. The number of rotatable bonds is 9. The molecule has 8 heteroatoms. The van der Waals surface area contributed by atoms with E-state index in [2.05, 4.69) is 10.6 Å². The lowest BCUT2D eigenvalue weighted by molar-refractivity contribution is -0.118. The van der Waals surface area contributed by atoms with Crippen molar-refractivity contribution in [1.29, 1.82) is 0 Å². The molecule has 0 saturated carbocycles. The molecule has 2 amide bonds. The lowest BCUT2D eigenvalue weighted by Crippen LogP contribution is -2.28. The maximum Gasteiger partial charge on any atom is 0.251 e. The second kappa shape index (κ2) is 9.59. The normalized spacial score (nSPS) is 10.3. The Bertz CT molecular complexity index is 873. The first kappa shape index (κ1) is 21.0. The minimum Gasteiger partial charge on any atom is -0.493 e. The summed E-state index contributed by atoms with van der Waals surface area (Å²) in [7, 11) is 3.02. The van der Waals surface area contributed by atoms with Crippen LogP contribution < -0.4 is 20.1 Å². The molecule has 28 heavy (non-hydrogen) atoms. The van der Waals surface area contributed by atoms with E-state index in [1.165, 1.54) is 21.1 Å². The van der Waals surface area contributed by atoms with Crippen LogP contribution in [-0.2, 0) is 17.9 Å². The summed E-state index contributed by atoms with van der Waals surface area (Å²) in [6, 6.07) is 6.65. The number of aromatic nitrogens is 1. The highest BCUT2D eigenvalue weighted by atomic mass is 16.5. The molecule has 8 nitrogen and oxygen atoms in total. The average molecular weight is 387 g/mol. The third-order valence-electron chi connectivity index (χ3n) is 4.35. The number of aryl methyl sites for hydroxylation is 1. The van der Waals surface area contributed by atoms with Gasteiger partial charge in [-0.2, -0.15) is 0 Å². The maximum atomic E-state index is 12.5. The number of hydrogen-bond acceptors (Lipinski definition) is 5. The number of hydrogen-bond donors (Lipinski definition) is 2. The van der Waals surface area contributed by atoms with E-state index in [1.807, 2.05) is 11.5 Å². The topological polar surface area (TPSA) is 98.7 Å². The van der Waals surface area contributed by atoms with Crippen LogP contribution in [0.1, 0.15) is 39.0 Å². The molecule has 0 bridgehead atoms. The minimum absolute atomic E-state index is 0.122. The fraction of sp³-hybridized carbons (Fsp3) is 0.350. The smallest absolute Gasteiger partial charge is 0.251 e. The fourth-order valence-corrected chi connectivity index (χ4v) is 2.95. The van der Waals surface area contributed by atoms with Crippen LogP contribution in [0.4, 0.5) is 0 Å². The van der Waals surface area contributed by atoms with Crippen LogP contribution in [0.2, 0.25) is 0 Å². The van der Waals surface area contributed by atoms with E-state index in [0.29, 0.717) is 41.4 Å². The van der Waals surface area contributed by atoms with Crippen LogP contribution in [0, 0.1) is 6.92 Å². The zero-order chi connectivity index (χ0) is 20.7. The maximum absolute atomic E-state index is 12.5. The van der Waals surface area contributed by atoms with Gasteiger partial charge in [0.2, 0.25) is 5.91 Å². The summed E-state index contributed by atoms with van der Waals surface area (Å²) < 4.78 is 12.3. The zero-order valence-corrected chi connectivity index (χ0v) is 16.5. The number of carbonyl (C=O) groups is 3. The third kappa shape index (κ3) is 4.91. The Balaban J connectivity index is 2.15. The van der Waals surface area contributed by atoms with Gasteiger partial charge in [-0.3, -0.25) is 14.4 Å². The molecule has 2 aromatic rings. The highest BCUT2D eigenvalue weighted by Gasteiger charge is 2.15. The number of ether oxygens (including phenoxy) is 2. The van der Waals surface area contributed by atoms with Gasteiger partial charge in [0.15, 0.2) is 17.8 Å². The summed E-state index contributed by atoms with van der Waals surface area (Å²) in [5.41, 5.74) is 2.49. The number of methoxy groups -OCH3 is 2. The van der Waals surface area contributed by atoms with Crippen molar-refractivity contribution in [3.63, 3.8) is 0 Å². The number of amides is 2. The Labute approximate surface area is 163 Å². The lowest BCUT2D eigenvalue weighted by atomic mass is 10.2. The second-order valence-corrected chi connectivity index (χ2v) is 6.19. The second-order valence-electron chi connectivity index (χ2n) is 6.19. The van der Waals surface area contributed by atoms with E-state index in [9.17, 15) is 14.4 Å². The van der Waals surface area contributed by atoms with Gasteiger partial charge in [-0.1, -0.05) is 0 Å². The van der Waals surface area contributed by atoms with Gasteiger partial charge in [-0.05, 0) is 31.2 Å². The van der Waals surface area contributed by atoms with Crippen molar-refractivity contribution in [2.24, 2.45) is 0 Å². The molecule has 0 aliphatic rings. The molecule has 150 valence electrons. The lowest BCUT2D eigenvalue weighted by Gasteiger charge is -2.14. The van der Waals surface area contributed by atoms with Crippen molar-refractivity contribution in [2.75, 3.05) is 20.8 Å². The highest BCUT2D eigenvalue weighted by molar-refractivity contribution is 5.95. The summed E-state index contributed by atoms with van der Waals surface area (Å²) in [6.45, 7) is 4.43. The molecule has 0 aliphatic heterocycles. The quantitative estimate of drug-likeness (QED) is 0.638. The SMILES string of the molecule is COc1ccc(C(=O)NCc2c(C=O)cc(C)n2CCNC(C)=O)cc1OC. The summed E-state index contributed by atoms with van der Waals surface area (Å²) in [6.07, 6.45) is 0.764. The minimum atomic E-state index is -0.301. The molecule has 0 spiro atoms. The number of nitrogens with one attached hydrogen (secondary N) is 2. The molecule has 2 rings (SSSR count). The predicted octanol–water partition coefficient (Wildman–Crippen LogP) is 1.69. The molecule has 1 aromatic heterocycles. The molecule has 2 N–H and O–H groups in total. The van der Waals surface area contributed by atoms with E-state index < -0.39 is 0 Å². The van der Waals surface area contributed by atoms with E-state index >= 15 is 0 Å². The molecular formula is C20H25N3O5. The Morgan fingerprint density at radius 1 is 1.11 bits per heavy atom. The van der Waals surface area contributed by atoms with Crippen LogP contribution in [0.5, 0.6) is 11.5 Å². The van der Waals surface area contributed by atoms with Crippen molar-refractivity contribution in [2.45, 2.75) is 26.9 Å². The summed E-state index contributed by atoms with van der Waals surface area (Å²) in [5, 5.41) is 5.56. The van der Waals surface area contributed by atoms with E-state index in [1.54, 1.807) is 24.3 Å². The van der Waals surface area contributed by atoms with Crippen molar-refractivity contribution >= 4 is 18.1 Å². The van der Waals surface area contributed by atoms with Crippen LogP contribution in [-0.4, -0.2) is 43.4 Å². The Hall–Kier alpha value is -3.29. The zero-order valence-electron chi connectivity index (χ0n) is 16.5. The molecule has 0 saturated heterocycles. The predicted molar refractivity (Wildman–Crippen MR) is 104 cm³/mol. The van der Waals surface area contributed by atoms with Crippen molar-refractivity contribution in [3.05, 3.63) is 46.8 Å². The van der Waals surface area contributed by atoms with Crippen molar-refractivity contribution < 1.29 is 23.9 Å². The van der Waals surface area contributed by atoms with Gasteiger partial charge in [0.1, 0.15) is 0 Å². The summed E-state index contributed by atoms with van der Waals surface area (Å²) in [4.78, 5) is 35.0. The van der Waals surface area contributed by atoms with Crippen LogP contribution in [0.15, 0.2) is 24.3 Å². The van der Waals surface area contributed by atoms with Gasteiger partial charge in [-0.15, -0.1) is 0 Å². The van der Waals surface area contributed by atoms with Gasteiger partial charge in [0.05, 0.1) is 20.8 Å². The largest absolute Gasteiger partial charge is 0.493 e. The standard InChI is InChI=1S/C20H25N3O5/c1-13-9-16(12-24)17(23(13)8-7-21-14(2)25)11-22-20(26)15-5-6-18(27-3)19(10-15)28-4/h5-6,9-10,12H,7-8,11H2,1-4H3,(H,21,25)(H,22,26). The molecule has 1 aromatic carbocycles. The van der Waals surface area contributed by atoms with E-state index in [-0.39, 0.29) is 18.4 Å². The number of nitrogens with zero attached hydrogens (tertiary/aromatic N) is 1. The summed E-state index contributed by atoms with van der Waals surface area (Å²) >= 11 is 0. The van der Waals surface area contributed by atoms with Crippen LogP contribution >= 0.6 is 0 Å². The first-order valence-electron chi connectivity index (χ1n) is 8.80. The van der Waals surface area contributed by atoms with Gasteiger partial charge < -0.3 is 24.7 Å². The van der Waals surface area contributed by atoms with Gasteiger partial charge >= 0.3 is 0 Å². The van der Waals surface area contributed by atoms with Gasteiger partial charge in [0, 0.05) is 42.5 Å². The molecule has 0 atom stereocenters. The molecule has 1 heterocycles. The van der Waals surface area contributed by atoms with E-state index in [0.717, 1.165) is 12.0 Å². The summed E-state index contributed by atoms with van der Waals surface area (Å²) in [5.74, 6) is 0.566. The number of aldehydes is 1. The van der Waals surface area contributed by atoms with Crippen molar-refractivity contribution in [1.82, 2.24) is 15.2 Å². The molecule has 0 fully saturated rings. The van der Waals surface area contributed by atoms with Gasteiger partial charge in [0.25, 0.3) is 5.91 Å². The molecular weight excluding hydrogens is 362 g/mol. The van der Waals surface area contributed by atoms with Gasteiger partial charge in [-0.25, -0.2) is 0 Å². The van der Waals surface area contributed by atoms with Crippen LogP contribution in [0.3, 0.4) is 0 Å². The average Bonchev–Trinajstić information content (AvgIpc) is 3.00. The third-order valence-corrected chi connectivity index (χ3v) is 4.35. The Kier molecular flexibility index (Phi) is 7.20. The Morgan fingerprint density at radius 3 is 2.43 bits per heavy atom. The van der Waals surface area contributed by atoms with Crippen LogP contribution in [0.25, 0.3) is 0 Å². The van der Waals surface area contributed by atoms with Crippen molar-refractivity contribution in [3.8, 4) is 11.5 Å². The number of benzene rings is 1. The first-order valence-corrected chi connectivity index (χ1v) is 8.80. The highest BCUT2D eigenvalue weighted by Crippen LogP contribution is 2.27. The molecule has 0 unspecified atom stereocenters. The number of carbonyl (C=O) groups excluding carboxylic acids is 3. The molecule has 0 aliphatic carbocycles. The fourth-order valence-electron chi connectivity index (χ4n) is 2.95. The first-order chi connectivity index (χ1) is 13.4. The Morgan fingerprint density at radius 2 is 1.82 bits per heavy atom.